The van der Waals surface area contributed by atoms with E-state index < -0.39 is 5.82 Å². The Hall–Kier alpha value is -1.13. The molecule has 0 spiro atoms. The summed E-state index contributed by atoms with van der Waals surface area (Å²) < 4.78 is 13.6. The quantitative estimate of drug-likeness (QED) is 0.913. The van der Waals surface area contributed by atoms with Gasteiger partial charge in [-0.15, -0.1) is 0 Å². The molecule has 1 N–H and O–H groups in total. The van der Waals surface area contributed by atoms with Gasteiger partial charge < -0.3 is 5.32 Å². The highest BCUT2D eigenvalue weighted by molar-refractivity contribution is 6.30. The molecule has 120 valence electrons. The number of piperidine rings is 1. The molecule has 0 aromatic heterocycles. The van der Waals surface area contributed by atoms with Gasteiger partial charge in [-0.05, 0) is 49.4 Å². The molecule has 3 nitrogen and oxygen atoms in total. The van der Waals surface area contributed by atoms with Crippen LogP contribution in [0, 0.1) is 17.7 Å². The van der Waals surface area contributed by atoms with E-state index in [-0.39, 0.29) is 11.6 Å². The van der Waals surface area contributed by atoms with Gasteiger partial charge in [0.2, 0.25) is 5.91 Å². The Morgan fingerprint density at radius 3 is 2.86 bits per heavy atom. The Balaban J connectivity index is 1.54. The largest absolute Gasteiger partial charge is 0.322 e. The van der Waals surface area contributed by atoms with Crippen LogP contribution in [0.1, 0.15) is 32.1 Å². The summed E-state index contributed by atoms with van der Waals surface area (Å²) >= 11 is 5.84. The van der Waals surface area contributed by atoms with Crippen LogP contribution in [0.5, 0.6) is 0 Å². The monoisotopic (exact) mass is 324 g/mol. The highest BCUT2D eigenvalue weighted by Gasteiger charge is 2.31. The predicted octanol–water partition coefficient (Wildman–Crippen LogP) is 3.93. The molecule has 1 saturated carbocycles. The molecule has 1 aliphatic heterocycles. The van der Waals surface area contributed by atoms with Gasteiger partial charge in [-0.25, -0.2) is 4.39 Å². The number of hydrogen-bond donors (Lipinski definition) is 1. The molecule has 2 atom stereocenters. The fourth-order valence-electron chi connectivity index (χ4n) is 3.81. The summed E-state index contributed by atoms with van der Waals surface area (Å²) in [5.74, 6) is 0.954. The lowest BCUT2D eigenvalue weighted by Gasteiger charge is -2.41. The van der Waals surface area contributed by atoms with Crippen molar-refractivity contribution in [3.63, 3.8) is 0 Å². The molecule has 0 radical (unpaired) electrons. The van der Waals surface area contributed by atoms with Crippen LogP contribution in [0.2, 0.25) is 5.02 Å². The minimum atomic E-state index is -0.455. The van der Waals surface area contributed by atoms with Crippen molar-refractivity contribution in [2.75, 3.05) is 25.0 Å². The molecule has 1 amide bonds. The number of carbonyl (C=O) groups excluding carboxylic acids is 1. The molecule has 0 unspecified atom stereocenters. The smallest absolute Gasteiger partial charge is 0.238 e. The van der Waals surface area contributed by atoms with Gasteiger partial charge in [0.15, 0.2) is 0 Å². The van der Waals surface area contributed by atoms with Crippen molar-refractivity contribution in [2.24, 2.45) is 11.8 Å². The SMILES string of the molecule is O=C(CN1CC[C@H]2CCCC[C@H]2C1)Nc1cc(Cl)ccc1F. The summed E-state index contributed by atoms with van der Waals surface area (Å²) in [6, 6.07) is 4.19. The van der Waals surface area contributed by atoms with E-state index in [1.165, 1.54) is 50.3 Å². The molecule has 0 bridgehead atoms. The third kappa shape index (κ3) is 3.79. The number of rotatable bonds is 3. The molecule has 1 aliphatic carbocycles. The summed E-state index contributed by atoms with van der Waals surface area (Å²) in [7, 11) is 0. The number of benzene rings is 1. The van der Waals surface area contributed by atoms with E-state index in [2.05, 4.69) is 10.2 Å². The molecule has 5 heteroatoms. The first-order valence-electron chi connectivity index (χ1n) is 8.09. The van der Waals surface area contributed by atoms with Crippen molar-refractivity contribution in [3.8, 4) is 0 Å². The van der Waals surface area contributed by atoms with Gasteiger partial charge in [-0.2, -0.15) is 0 Å². The lowest BCUT2D eigenvalue weighted by atomic mass is 9.75. The topological polar surface area (TPSA) is 32.3 Å². The molecule has 1 heterocycles. The molecule has 3 rings (SSSR count). The summed E-state index contributed by atoms with van der Waals surface area (Å²) in [5, 5.41) is 3.05. The number of anilines is 1. The lowest BCUT2D eigenvalue weighted by molar-refractivity contribution is -0.118. The number of amides is 1. The zero-order chi connectivity index (χ0) is 15.5. The van der Waals surface area contributed by atoms with Crippen molar-refractivity contribution < 1.29 is 9.18 Å². The minimum absolute atomic E-state index is 0.157. The second-order valence-corrected chi connectivity index (χ2v) is 6.94. The third-order valence-corrected chi connectivity index (χ3v) is 5.18. The molecule has 1 saturated heterocycles. The minimum Gasteiger partial charge on any atom is -0.322 e. The standard InChI is InChI=1S/C17H22ClFN2O/c18-14-5-6-15(19)16(9-14)20-17(22)11-21-8-7-12-3-1-2-4-13(12)10-21/h5-6,9,12-13H,1-4,7-8,10-11H2,(H,20,22)/t12-,13+/m1/s1. The third-order valence-electron chi connectivity index (χ3n) is 4.95. The fraction of sp³-hybridized carbons (Fsp3) is 0.588. The number of fused-ring (bicyclic) bond motifs is 1. The lowest BCUT2D eigenvalue weighted by Crippen LogP contribution is -2.44. The molecule has 1 aromatic carbocycles. The van der Waals surface area contributed by atoms with E-state index in [1.54, 1.807) is 0 Å². The zero-order valence-electron chi connectivity index (χ0n) is 12.7. The normalized spacial score (nSPS) is 25.5. The number of likely N-dealkylation sites (tertiary alicyclic amines) is 1. The van der Waals surface area contributed by atoms with Crippen molar-refractivity contribution in [1.82, 2.24) is 4.90 Å². The first kappa shape index (κ1) is 15.8. The van der Waals surface area contributed by atoms with Gasteiger partial charge in [0.25, 0.3) is 0 Å². The summed E-state index contributed by atoms with van der Waals surface area (Å²) in [4.78, 5) is 14.3. The van der Waals surface area contributed by atoms with E-state index >= 15 is 0 Å². The molecular formula is C17H22ClFN2O. The Morgan fingerprint density at radius 1 is 1.27 bits per heavy atom. The Morgan fingerprint density at radius 2 is 2.05 bits per heavy atom. The van der Waals surface area contributed by atoms with Crippen LogP contribution >= 0.6 is 11.6 Å². The Labute approximate surface area is 135 Å². The van der Waals surface area contributed by atoms with Gasteiger partial charge in [0.05, 0.1) is 12.2 Å². The average Bonchev–Trinajstić information content (AvgIpc) is 2.51. The summed E-state index contributed by atoms with van der Waals surface area (Å²) in [6.07, 6.45) is 6.48. The molecule has 22 heavy (non-hydrogen) atoms. The van der Waals surface area contributed by atoms with E-state index in [9.17, 15) is 9.18 Å². The van der Waals surface area contributed by atoms with E-state index in [0.29, 0.717) is 11.6 Å². The van der Waals surface area contributed by atoms with Crippen LogP contribution < -0.4 is 5.32 Å². The zero-order valence-corrected chi connectivity index (χ0v) is 13.4. The molecule has 2 fully saturated rings. The van der Waals surface area contributed by atoms with E-state index in [4.69, 9.17) is 11.6 Å². The van der Waals surface area contributed by atoms with Gasteiger partial charge in [-0.1, -0.05) is 30.9 Å². The van der Waals surface area contributed by atoms with E-state index in [0.717, 1.165) is 24.9 Å². The van der Waals surface area contributed by atoms with Crippen LogP contribution in [-0.4, -0.2) is 30.4 Å². The van der Waals surface area contributed by atoms with Crippen LogP contribution in [0.3, 0.4) is 0 Å². The average molecular weight is 325 g/mol. The predicted molar refractivity (Wildman–Crippen MR) is 86.5 cm³/mol. The van der Waals surface area contributed by atoms with Crippen LogP contribution in [0.4, 0.5) is 10.1 Å². The Bertz CT molecular complexity index is 551. The first-order valence-corrected chi connectivity index (χ1v) is 8.47. The maximum atomic E-state index is 13.6. The molecular weight excluding hydrogens is 303 g/mol. The summed E-state index contributed by atoms with van der Waals surface area (Å²) in [6.45, 7) is 2.29. The van der Waals surface area contributed by atoms with Gasteiger partial charge >= 0.3 is 0 Å². The van der Waals surface area contributed by atoms with Gasteiger partial charge in [-0.3, -0.25) is 9.69 Å². The van der Waals surface area contributed by atoms with Gasteiger partial charge in [0.1, 0.15) is 5.82 Å². The maximum absolute atomic E-state index is 13.6. The van der Waals surface area contributed by atoms with Crippen molar-refractivity contribution in [3.05, 3.63) is 29.0 Å². The van der Waals surface area contributed by atoms with Crippen LogP contribution in [-0.2, 0) is 4.79 Å². The van der Waals surface area contributed by atoms with Crippen molar-refractivity contribution in [2.45, 2.75) is 32.1 Å². The van der Waals surface area contributed by atoms with Crippen LogP contribution in [0.15, 0.2) is 18.2 Å². The second kappa shape index (κ2) is 6.97. The number of nitrogens with one attached hydrogen (secondary N) is 1. The number of carbonyl (C=O) groups is 1. The van der Waals surface area contributed by atoms with Gasteiger partial charge in [0, 0.05) is 11.6 Å². The first-order chi connectivity index (χ1) is 10.6. The highest BCUT2D eigenvalue weighted by atomic mass is 35.5. The maximum Gasteiger partial charge on any atom is 0.238 e. The number of halogens is 2. The second-order valence-electron chi connectivity index (χ2n) is 6.50. The highest BCUT2D eigenvalue weighted by Crippen LogP contribution is 2.35. The van der Waals surface area contributed by atoms with Crippen molar-refractivity contribution >= 4 is 23.2 Å². The fourth-order valence-corrected chi connectivity index (χ4v) is 3.98. The van der Waals surface area contributed by atoms with E-state index in [1.807, 2.05) is 0 Å². The molecule has 2 aliphatic rings. The van der Waals surface area contributed by atoms with Crippen LogP contribution in [0.25, 0.3) is 0 Å². The summed E-state index contributed by atoms with van der Waals surface area (Å²) in [5.41, 5.74) is 0.157. The molecule has 1 aromatic rings. The Kier molecular flexibility index (Phi) is 4.99. The number of hydrogen-bond acceptors (Lipinski definition) is 2. The van der Waals surface area contributed by atoms with Crippen molar-refractivity contribution in [1.29, 1.82) is 0 Å². The number of nitrogens with zero attached hydrogens (tertiary/aromatic N) is 1.